The van der Waals surface area contributed by atoms with Crippen LogP contribution in [0.15, 0.2) is 34.9 Å². The third-order valence-corrected chi connectivity index (χ3v) is 4.05. The van der Waals surface area contributed by atoms with Crippen LogP contribution >= 0.6 is 0 Å². The molecule has 0 heterocycles. The van der Waals surface area contributed by atoms with Crippen molar-refractivity contribution in [3.05, 3.63) is 40.2 Å². The lowest BCUT2D eigenvalue weighted by Crippen LogP contribution is -2.41. The molecule has 21 heavy (non-hydrogen) atoms. The molecule has 0 aliphatic rings. The molecule has 0 N–H and O–H groups in total. The quantitative estimate of drug-likeness (QED) is 0.285. The molecule has 0 spiro atoms. The number of quaternary nitrogens is 1. The Kier molecular flexibility index (Phi) is 10.4. The van der Waals surface area contributed by atoms with Crippen molar-refractivity contribution in [2.24, 2.45) is 0 Å². The Balaban J connectivity index is 4.12. The Bertz CT molecular complexity index is 369. The first-order valence-electron chi connectivity index (χ1n) is 8.34. The highest BCUT2D eigenvalue weighted by molar-refractivity contribution is 5.05. The van der Waals surface area contributed by atoms with E-state index >= 15 is 0 Å². The fraction of sp³-hybridized carbons (Fsp3) is 0.684. The summed E-state index contributed by atoms with van der Waals surface area (Å²) in [6, 6.07) is 0. The SMILES string of the molecule is CC[N+]([O-])(CC)CC=C(C)CCC=C(C)CCC=C(C)C. The van der Waals surface area contributed by atoms with E-state index in [1.165, 1.54) is 16.7 Å². The van der Waals surface area contributed by atoms with Gasteiger partial charge in [-0.25, -0.2) is 0 Å². The molecular weight excluding hydrogens is 258 g/mol. The third kappa shape index (κ3) is 10.5. The van der Waals surface area contributed by atoms with E-state index in [9.17, 15) is 5.21 Å². The molecular formula is C19H35NO. The van der Waals surface area contributed by atoms with Crippen LogP contribution in [0.5, 0.6) is 0 Å². The lowest BCUT2D eigenvalue weighted by Gasteiger charge is -2.40. The second kappa shape index (κ2) is 10.8. The lowest BCUT2D eigenvalue weighted by atomic mass is 10.1. The zero-order chi connectivity index (χ0) is 16.3. The predicted octanol–water partition coefficient (Wildman–Crippen LogP) is 5.76. The van der Waals surface area contributed by atoms with Crippen molar-refractivity contribution < 1.29 is 4.65 Å². The Morgan fingerprint density at radius 3 is 1.76 bits per heavy atom. The predicted molar refractivity (Wildman–Crippen MR) is 95.0 cm³/mol. The van der Waals surface area contributed by atoms with E-state index in [0.29, 0.717) is 19.6 Å². The van der Waals surface area contributed by atoms with Crippen LogP contribution < -0.4 is 0 Å². The average Bonchev–Trinajstić information content (AvgIpc) is 2.44. The van der Waals surface area contributed by atoms with Gasteiger partial charge in [-0.3, -0.25) is 0 Å². The summed E-state index contributed by atoms with van der Waals surface area (Å²) in [5, 5.41) is 12.2. The Hall–Kier alpha value is -0.860. The minimum atomic E-state index is -0.102. The number of hydrogen-bond donors (Lipinski definition) is 0. The maximum absolute atomic E-state index is 12.2. The zero-order valence-electron chi connectivity index (χ0n) is 15.0. The van der Waals surface area contributed by atoms with Crippen LogP contribution in [-0.2, 0) is 0 Å². The highest BCUT2D eigenvalue weighted by Crippen LogP contribution is 2.12. The van der Waals surface area contributed by atoms with E-state index in [-0.39, 0.29) is 4.65 Å². The summed E-state index contributed by atoms with van der Waals surface area (Å²) in [4.78, 5) is 0. The average molecular weight is 293 g/mol. The number of hydrogen-bond acceptors (Lipinski definition) is 1. The van der Waals surface area contributed by atoms with E-state index in [1.807, 2.05) is 13.8 Å². The molecule has 0 fully saturated rings. The third-order valence-electron chi connectivity index (χ3n) is 4.05. The fourth-order valence-electron chi connectivity index (χ4n) is 2.14. The van der Waals surface area contributed by atoms with E-state index in [2.05, 4.69) is 45.9 Å². The summed E-state index contributed by atoms with van der Waals surface area (Å²) in [7, 11) is 0. The van der Waals surface area contributed by atoms with Crippen LogP contribution in [0.25, 0.3) is 0 Å². The van der Waals surface area contributed by atoms with Gasteiger partial charge in [-0.2, -0.15) is 0 Å². The van der Waals surface area contributed by atoms with E-state index in [0.717, 1.165) is 25.7 Å². The Morgan fingerprint density at radius 2 is 1.29 bits per heavy atom. The van der Waals surface area contributed by atoms with Crippen molar-refractivity contribution in [3.63, 3.8) is 0 Å². The van der Waals surface area contributed by atoms with Crippen LogP contribution in [0.1, 0.15) is 67.2 Å². The molecule has 2 nitrogen and oxygen atoms in total. The number of likely N-dealkylation sites (N-methyl/N-ethyl adjacent to an activating group) is 1. The minimum Gasteiger partial charge on any atom is -0.633 e. The minimum absolute atomic E-state index is 0.102. The first-order valence-corrected chi connectivity index (χ1v) is 8.34. The molecule has 0 aromatic rings. The van der Waals surface area contributed by atoms with Crippen molar-refractivity contribution >= 4 is 0 Å². The summed E-state index contributed by atoms with van der Waals surface area (Å²) < 4.78 is -0.102. The molecule has 122 valence electrons. The summed E-state index contributed by atoms with van der Waals surface area (Å²) >= 11 is 0. The van der Waals surface area contributed by atoms with Crippen LogP contribution in [-0.4, -0.2) is 24.3 Å². The normalized spacial score (nSPS) is 13.5. The van der Waals surface area contributed by atoms with Gasteiger partial charge in [-0.05, 0) is 73.3 Å². The van der Waals surface area contributed by atoms with Gasteiger partial charge in [-0.15, -0.1) is 0 Å². The molecule has 0 amide bonds. The van der Waals surface area contributed by atoms with Gasteiger partial charge in [-0.1, -0.05) is 28.9 Å². The molecule has 0 atom stereocenters. The summed E-state index contributed by atoms with van der Waals surface area (Å²) in [6.07, 6.45) is 11.2. The number of rotatable bonds is 10. The van der Waals surface area contributed by atoms with Crippen molar-refractivity contribution in [1.29, 1.82) is 0 Å². The molecule has 0 aliphatic heterocycles. The summed E-state index contributed by atoms with van der Waals surface area (Å²) in [5.74, 6) is 0. The topological polar surface area (TPSA) is 23.1 Å². The van der Waals surface area contributed by atoms with Gasteiger partial charge in [0.2, 0.25) is 0 Å². The number of hydroxylamine groups is 3. The second-order valence-electron chi connectivity index (χ2n) is 6.33. The zero-order valence-corrected chi connectivity index (χ0v) is 15.0. The molecule has 0 aliphatic carbocycles. The maximum Gasteiger partial charge on any atom is 0.0973 e. The van der Waals surface area contributed by atoms with Crippen molar-refractivity contribution in [2.45, 2.75) is 67.2 Å². The number of nitrogens with zero attached hydrogens (tertiary/aromatic N) is 1. The van der Waals surface area contributed by atoms with Gasteiger partial charge in [0.15, 0.2) is 0 Å². The molecule has 0 aromatic heterocycles. The van der Waals surface area contributed by atoms with Gasteiger partial charge in [0, 0.05) is 0 Å². The summed E-state index contributed by atoms with van der Waals surface area (Å²) in [6.45, 7) is 14.5. The van der Waals surface area contributed by atoms with Crippen LogP contribution in [0.2, 0.25) is 0 Å². The smallest absolute Gasteiger partial charge is 0.0973 e. The van der Waals surface area contributed by atoms with Crippen molar-refractivity contribution in [2.75, 3.05) is 19.6 Å². The van der Waals surface area contributed by atoms with Crippen LogP contribution in [0, 0.1) is 5.21 Å². The highest BCUT2D eigenvalue weighted by Gasteiger charge is 2.08. The van der Waals surface area contributed by atoms with Gasteiger partial charge >= 0.3 is 0 Å². The van der Waals surface area contributed by atoms with E-state index in [1.54, 1.807) is 0 Å². The van der Waals surface area contributed by atoms with E-state index in [4.69, 9.17) is 0 Å². The van der Waals surface area contributed by atoms with Gasteiger partial charge in [0.1, 0.15) is 0 Å². The fourth-order valence-corrected chi connectivity index (χ4v) is 2.14. The standard InChI is InChI=1S/C19H35NO/c1-7-20(21,8-2)16-15-19(6)14-10-13-18(5)12-9-11-17(3)4/h11,13,15H,7-10,12,14,16H2,1-6H3. The number of allylic oxidation sites excluding steroid dienone is 5. The molecule has 0 aromatic carbocycles. The van der Waals surface area contributed by atoms with Gasteiger partial charge in [0.25, 0.3) is 0 Å². The molecule has 0 radical (unpaired) electrons. The maximum atomic E-state index is 12.2. The molecule has 0 rings (SSSR count). The first-order chi connectivity index (χ1) is 9.83. The summed E-state index contributed by atoms with van der Waals surface area (Å²) in [5.41, 5.74) is 4.20. The van der Waals surface area contributed by atoms with Gasteiger partial charge < -0.3 is 9.85 Å². The van der Waals surface area contributed by atoms with Crippen molar-refractivity contribution in [3.8, 4) is 0 Å². The van der Waals surface area contributed by atoms with Crippen LogP contribution in [0.4, 0.5) is 0 Å². The van der Waals surface area contributed by atoms with Gasteiger partial charge in [0.05, 0.1) is 19.6 Å². The van der Waals surface area contributed by atoms with E-state index < -0.39 is 0 Å². The molecule has 0 saturated heterocycles. The van der Waals surface area contributed by atoms with Crippen molar-refractivity contribution in [1.82, 2.24) is 0 Å². The molecule has 0 bridgehead atoms. The molecule has 0 saturated carbocycles. The lowest BCUT2D eigenvalue weighted by molar-refractivity contribution is -0.871. The second-order valence-corrected chi connectivity index (χ2v) is 6.33. The van der Waals surface area contributed by atoms with Crippen LogP contribution in [0.3, 0.4) is 0 Å². The monoisotopic (exact) mass is 293 g/mol. The largest absolute Gasteiger partial charge is 0.633 e. The first kappa shape index (κ1) is 20.1. The Morgan fingerprint density at radius 1 is 0.810 bits per heavy atom. The molecule has 2 heteroatoms. The molecule has 0 unspecified atom stereocenters. The Labute approximate surface area is 132 Å². The highest BCUT2D eigenvalue weighted by atomic mass is 16.5.